The molecule has 2 unspecified atom stereocenters. The average molecular weight is 946 g/mol. The van der Waals surface area contributed by atoms with Crippen LogP contribution in [0.15, 0.2) is 273 Å². The molecule has 348 valence electrons. The Bertz CT molecular complexity index is 4120. The summed E-state index contributed by atoms with van der Waals surface area (Å²) < 4.78 is 2.44. The molecule has 5 heteroatoms. The topological polar surface area (TPSA) is 46.8 Å². The number of para-hydroxylation sites is 2. The summed E-state index contributed by atoms with van der Waals surface area (Å²) in [7, 11) is 0. The average Bonchev–Trinajstić information content (AvgIpc) is 4.02. The van der Waals surface area contributed by atoms with Crippen LogP contribution >= 0.6 is 0 Å². The van der Waals surface area contributed by atoms with Crippen LogP contribution in [0.4, 0.5) is 11.4 Å². The van der Waals surface area contributed by atoms with Gasteiger partial charge >= 0.3 is 0 Å². The summed E-state index contributed by atoms with van der Waals surface area (Å²) >= 11 is 0. The second-order valence-corrected chi connectivity index (χ2v) is 19.0. The molecule has 2 aromatic heterocycles. The first-order valence-corrected chi connectivity index (χ1v) is 25.4. The summed E-state index contributed by atoms with van der Waals surface area (Å²) in [6, 6.07) is 88.8. The summed E-state index contributed by atoms with van der Waals surface area (Å²) in [4.78, 5) is 18.8. The second kappa shape index (κ2) is 18.2. The highest BCUT2D eigenvalue weighted by Crippen LogP contribution is 2.53. The Labute approximate surface area is 430 Å². The van der Waals surface area contributed by atoms with Crippen molar-refractivity contribution in [2.24, 2.45) is 0 Å². The molecule has 10 aromatic carbocycles. The van der Waals surface area contributed by atoms with Crippen molar-refractivity contribution in [3.63, 3.8) is 0 Å². The first-order valence-electron chi connectivity index (χ1n) is 25.4. The molecule has 5 nitrogen and oxygen atoms in total. The van der Waals surface area contributed by atoms with Gasteiger partial charge in [0, 0.05) is 44.8 Å². The predicted molar refractivity (Wildman–Crippen MR) is 306 cm³/mol. The molecule has 2 atom stereocenters. The van der Waals surface area contributed by atoms with Crippen molar-refractivity contribution >= 4 is 33.2 Å². The standard InChI is InChI=1S/C69H47N5/c1-5-21-46(22-6-1)48-39-41-50(42-40-48)67-70-68(56-30-14-13-29-53(56)49-25-9-3-10-26-49)72-69(71-67)59-44-43-51(47-23-7-2-8-24-47)45-64(59)74-61-36-18-16-32-58(61)66-55(34-20-38-63(66)74)54-33-19-37-62-65(54)57-31-15-17-35-60(57)73(62)52-27-11-4-12-28-52/h1-45,57,60H. The Balaban J connectivity index is 1.01. The van der Waals surface area contributed by atoms with Gasteiger partial charge < -0.3 is 9.47 Å². The predicted octanol–water partition coefficient (Wildman–Crippen LogP) is 17.4. The molecule has 3 heterocycles. The zero-order valence-corrected chi connectivity index (χ0v) is 40.4. The number of benzene rings is 10. The summed E-state index contributed by atoms with van der Waals surface area (Å²) in [6.07, 6.45) is 9.14. The van der Waals surface area contributed by atoms with Crippen LogP contribution in [0, 0.1) is 0 Å². The first-order chi connectivity index (χ1) is 36.7. The Morgan fingerprint density at radius 1 is 0.324 bits per heavy atom. The molecule has 0 fully saturated rings. The van der Waals surface area contributed by atoms with E-state index in [0.29, 0.717) is 17.5 Å². The van der Waals surface area contributed by atoms with Crippen LogP contribution in [0.5, 0.6) is 0 Å². The van der Waals surface area contributed by atoms with E-state index < -0.39 is 0 Å². The van der Waals surface area contributed by atoms with E-state index in [1.54, 1.807) is 0 Å². The lowest BCUT2D eigenvalue weighted by atomic mass is 9.85. The van der Waals surface area contributed by atoms with Gasteiger partial charge in [-0.3, -0.25) is 0 Å². The van der Waals surface area contributed by atoms with Gasteiger partial charge in [0.2, 0.25) is 0 Å². The molecule has 0 amide bonds. The quantitative estimate of drug-likeness (QED) is 0.145. The number of rotatable bonds is 9. The molecule has 0 spiro atoms. The minimum absolute atomic E-state index is 0.166. The fraction of sp³-hybridized carbons (Fsp3) is 0.0290. The smallest absolute Gasteiger partial charge is 0.166 e. The maximum Gasteiger partial charge on any atom is 0.166 e. The van der Waals surface area contributed by atoms with E-state index in [4.69, 9.17) is 15.0 Å². The molecule has 1 aliphatic heterocycles. The third kappa shape index (κ3) is 7.36. The Morgan fingerprint density at radius 2 is 0.851 bits per heavy atom. The van der Waals surface area contributed by atoms with Crippen molar-refractivity contribution < 1.29 is 0 Å². The fourth-order valence-corrected chi connectivity index (χ4v) is 11.5. The van der Waals surface area contributed by atoms with Gasteiger partial charge in [0.1, 0.15) is 0 Å². The molecule has 0 saturated heterocycles. The van der Waals surface area contributed by atoms with Crippen molar-refractivity contribution in [2.45, 2.75) is 12.0 Å². The van der Waals surface area contributed by atoms with Crippen LogP contribution in [0.2, 0.25) is 0 Å². The van der Waals surface area contributed by atoms with Gasteiger partial charge in [-0.1, -0.05) is 231 Å². The number of nitrogens with zero attached hydrogens (tertiary/aromatic N) is 5. The summed E-state index contributed by atoms with van der Waals surface area (Å²) in [5.41, 5.74) is 18.8. The summed E-state index contributed by atoms with van der Waals surface area (Å²) in [5, 5.41) is 2.37. The van der Waals surface area contributed by atoms with E-state index >= 15 is 0 Å². The molecule has 0 radical (unpaired) electrons. The molecule has 74 heavy (non-hydrogen) atoms. The fourth-order valence-electron chi connectivity index (χ4n) is 11.5. The molecular formula is C69H47N5. The van der Waals surface area contributed by atoms with Crippen molar-refractivity contribution in [1.29, 1.82) is 0 Å². The SMILES string of the molecule is C1=CC2c3c(-c4cccc5c4c4ccccc4n5-c4cc(-c5ccccc5)ccc4-c4nc(-c5ccc(-c6ccccc6)cc5)nc(-c5ccccc5-c5ccccc5)n4)cccc3N(c3ccccc3)C2C=C1. The van der Waals surface area contributed by atoms with Crippen LogP contribution in [0.25, 0.3) is 106 Å². The minimum Gasteiger partial charge on any atom is -0.333 e. The lowest BCUT2D eigenvalue weighted by molar-refractivity contribution is 0.745. The van der Waals surface area contributed by atoms with Crippen molar-refractivity contribution in [3.05, 3.63) is 279 Å². The molecule has 1 aliphatic carbocycles. The third-order valence-corrected chi connectivity index (χ3v) is 14.8. The molecule has 2 aliphatic rings. The lowest BCUT2D eigenvalue weighted by Gasteiger charge is -2.28. The van der Waals surface area contributed by atoms with Gasteiger partial charge in [0.25, 0.3) is 0 Å². The molecular weight excluding hydrogens is 899 g/mol. The number of anilines is 2. The van der Waals surface area contributed by atoms with E-state index in [9.17, 15) is 0 Å². The lowest BCUT2D eigenvalue weighted by Crippen LogP contribution is -2.28. The Hall–Kier alpha value is -9.71. The van der Waals surface area contributed by atoms with E-state index in [1.807, 2.05) is 6.07 Å². The summed E-state index contributed by atoms with van der Waals surface area (Å²) in [6.45, 7) is 0. The highest BCUT2D eigenvalue weighted by molar-refractivity contribution is 6.16. The van der Waals surface area contributed by atoms with E-state index in [2.05, 4.69) is 276 Å². The van der Waals surface area contributed by atoms with Crippen molar-refractivity contribution in [2.75, 3.05) is 4.90 Å². The van der Waals surface area contributed by atoms with Gasteiger partial charge in [-0.15, -0.1) is 0 Å². The van der Waals surface area contributed by atoms with Gasteiger partial charge in [-0.25, -0.2) is 15.0 Å². The highest BCUT2D eigenvalue weighted by atomic mass is 15.2. The van der Waals surface area contributed by atoms with E-state index in [1.165, 1.54) is 38.8 Å². The van der Waals surface area contributed by atoms with Gasteiger partial charge in [-0.05, 0) is 92.5 Å². The molecule has 0 bridgehead atoms. The number of hydrogen-bond donors (Lipinski definition) is 0. The Kier molecular flexibility index (Phi) is 10.6. The zero-order chi connectivity index (χ0) is 49.0. The maximum atomic E-state index is 5.51. The van der Waals surface area contributed by atoms with Gasteiger partial charge in [0.05, 0.1) is 22.8 Å². The van der Waals surface area contributed by atoms with Crippen LogP contribution in [0.1, 0.15) is 11.5 Å². The summed E-state index contributed by atoms with van der Waals surface area (Å²) in [5.74, 6) is 1.97. The third-order valence-electron chi connectivity index (χ3n) is 14.8. The zero-order valence-electron chi connectivity index (χ0n) is 40.4. The number of allylic oxidation sites excluding steroid dienone is 2. The number of hydrogen-bond acceptors (Lipinski definition) is 4. The largest absolute Gasteiger partial charge is 0.333 e. The minimum atomic E-state index is 0.166. The van der Waals surface area contributed by atoms with Crippen molar-refractivity contribution in [3.8, 4) is 84.4 Å². The van der Waals surface area contributed by atoms with E-state index in [0.717, 1.165) is 66.8 Å². The van der Waals surface area contributed by atoms with Crippen molar-refractivity contribution in [1.82, 2.24) is 19.5 Å². The molecule has 0 N–H and O–H groups in total. The number of aromatic nitrogens is 4. The monoisotopic (exact) mass is 945 g/mol. The van der Waals surface area contributed by atoms with E-state index in [-0.39, 0.29) is 12.0 Å². The maximum absolute atomic E-state index is 5.51. The van der Waals surface area contributed by atoms with Crippen LogP contribution < -0.4 is 4.90 Å². The second-order valence-electron chi connectivity index (χ2n) is 19.0. The molecule has 0 saturated carbocycles. The molecule has 12 aromatic rings. The Morgan fingerprint density at radius 3 is 1.61 bits per heavy atom. The van der Waals surface area contributed by atoms with Crippen LogP contribution in [-0.4, -0.2) is 25.6 Å². The number of fused-ring (bicyclic) bond motifs is 6. The molecule has 14 rings (SSSR count). The highest BCUT2D eigenvalue weighted by Gasteiger charge is 2.39. The van der Waals surface area contributed by atoms with Gasteiger partial charge in [-0.2, -0.15) is 0 Å². The van der Waals surface area contributed by atoms with Crippen LogP contribution in [-0.2, 0) is 0 Å². The van der Waals surface area contributed by atoms with Gasteiger partial charge in [0.15, 0.2) is 17.5 Å². The van der Waals surface area contributed by atoms with Crippen LogP contribution in [0.3, 0.4) is 0 Å². The normalized spacial score (nSPS) is 14.6. The first kappa shape index (κ1) is 43.1.